The van der Waals surface area contributed by atoms with Gasteiger partial charge in [-0.2, -0.15) is 0 Å². The minimum Gasteiger partial charge on any atom is -0.271 e. The third kappa shape index (κ3) is 3.43. The van der Waals surface area contributed by atoms with Gasteiger partial charge in [0.15, 0.2) is 0 Å². The number of hydrogen-bond donors (Lipinski definition) is 2. The summed E-state index contributed by atoms with van der Waals surface area (Å²) in [6.07, 6.45) is 2.25. The number of halogens is 1. The average molecular weight is 319 g/mol. The van der Waals surface area contributed by atoms with Crippen molar-refractivity contribution in [2.24, 2.45) is 5.84 Å². The zero-order chi connectivity index (χ0) is 14.7. The highest BCUT2D eigenvalue weighted by Gasteiger charge is 2.27. The molecule has 0 aromatic heterocycles. The minimum atomic E-state index is 0.296. The van der Waals surface area contributed by atoms with Crippen LogP contribution < -0.4 is 11.3 Å². The van der Waals surface area contributed by atoms with Gasteiger partial charge in [0.2, 0.25) is 0 Å². The van der Waals surface area contributed by atoms with Crippen LogP contribution in [0.2, 0.25) is 5.02 Å². The number of benzene rings is 2. The number of nitrogens with one attached hydrogen (secondary N) is 1. The Balaban J connectivity index is 1.56. The molecule has 0 radical (unpaired) electrons. The van der Waals surface area contributed by atoms with Gasteiger partial charge < -0.3 is 0 Å². The van der Waals surface area contributed by atoms with Crippen molar-refractivity contribution in [3.8, 4) is 0 Å². The summed E-state index contributed by atoms with van der Waals surface area (Å²) < 4.78 is 0. The molecular formula is C17H19ClN2S. The van der Waals surface area contributed by atoms with Gasteiger partial charge in [-0.1, -0.05) is 48.0 Å². The molecule has 0 amide bonds. The monoisotopic (exact) mass is 318 g/mol. The molecule has 4 heteroatoms. The number of thioether (sulfide) groups is 1. The van der Waals surface area contributed by atoms with Crippen molar-refractivity contribution in [3.05, 3.63) is 64.7 Å². The molecule has 0 fully saturated rings. The first-order valence-electron chi connectivity index (χ1n) is 7.19. The Morgan fingerprint density at radius 2 is 1.95 bits per heavy atom. The van der Waals surface area contributed by atoms with E-state index < -0.39 is 0 Å². The maximum absolute atomic E-state index is 6.19. The van der Waals surface area contributed by atoms with E-state index in [9.17, 15) is 0 Å². The van der Waals surface area contributed by atoms with Crippen LogP contribution in [0.4, 0.5) is 0 Å². The van der Waals surface area contributed by atoms with Gasteiger partial charge in [0.05, 0.1) is 5.02 Å². The Morgan fingerprint density at radius 3 is 2.71 bits per heavy atom. The van der Waals surface area contributed by atoms with Gasteiger partial charge in [-0.25, -0.2) is 0 Å². The van der Waals surface area contributed by atoms with E-state index in [0.717, 1.165) is 22.1 Å². The second-order valence-electron chi connectivity index (χ2n) is 5.44. The molecule has 2 atom stereocenters. The van der Waals surface area contributed by atoms with Crippen LogP contribution in [0.1, 0.15) is 23.5 Å². The van der Waals surface area contributed by atoms with Gasteiger partial charge in [0.1, 0.15) is 0 Å². The maximum atomic E-state index is 6.19. The van der Waals surface area contributed by atoms with Crippen LogP contribution in [-0.4, -0.2) is 11.8 Å². The topological polar surface area (TPSA) is 38.0 Å². The predicted octanol–water partition coefficient (Wildman–Crippen LogP) is 3.99. The molecule has 21 heavy (non-hydrogen) atoms. The van der Waals surface area contributed by atoms with Crippen molar-refractivity contribution in [1.82, 2.24) is 5.43 Å². The highest BCUT2D eigenvalue weighted by molar-refractivity contribution is 7.99. The van der Waals surface area contributed by atoms with Crippen molar-refractivity contribution < 1.29 is 0 Å². The number of fused-ring (bicyclic) bond motifs is 1. The largest absolute Gasteiger partial charge is 0.271 e. The van der Waals surface area contributed by atoms with Crippen LogP contribution in [-0.2, 0) is 6.42 Å². The van der Waals surface area contributed by atoms with Crippen LogP contribution >= 0.6 is 23.4 Å². The second kappa shape index (κ2) is 6.84. The van der Waals surface area contributed by atoms with E-state index in [0.29, 0.717) is 12.0 Å². The first-order valence-corrected chi connectivity index (χ1v) is 8.55. The zero-order valence-corrected chi connectivity index (χ0v) is 13.3. The molecule has 2 aromatic carbocycles. The summed E-state index contributed by atoms with van der Waals surface area (Å²) in [6, 6.07) is 16.9. The van der Waals surface area contributed by atoms with E-state index >= 15 is 0 Å². The lowest BCUT2D eigenvalue weighted by molar-refractivity contribution is 0.452. The fourth-order valence-corrected chi connectivity index (χ4v) is 4.15. The van der Waals surface area contributed by atoms with E-state index in [1.807, 2.05) is 18.2 Å². The lowest BCUT2D eigenvalue weighted by Gasteiger charge is -2.32. The third-order valence-electron chi connectivity index (χ3n) is 4.04. The van der Waals surface area contributed by atoms with Gasteiger partial charge in [0, 0.05) is 16.7 Å². The minimum absolute atomic E-state index is 0.296. The van der Waals surface area contributed by atoms with E-state index in [1.165, 1.54) is 17.5 Å². The van der Waals surface area contributed by atoms with E-state index in [-0.39, 0.29) is 0 Å². The Morgan fingerprint density at radius 1 is 1.19 bits per heavy atom. The summed E-state index contributed by atoms with van der Waals surface area (Å²) in [5.41, 5.74) is 5.93. The Hall–Kier alpha value is -1.00. The summed E-state index contributed by atoms with van der Waals surface area (Å²) in [7, 11) is 0. The highest BCUT2D eigenvalue weighted by Crippen LogP contribution is 2.38. The number of rotatable bonds is 6. The molecule has 0 bridgehead atoms. The molecule has 0 spiro atoms. The van der Waals surface area contributed by atoms with Crippen LogP contribution in [0.25, 0.3) is 0 Å². The summed E-state index contributed by atoms with van der Waals surface area (Å²) >= 11 is 7.95. The molecule has 1 aliphatic rings. The van der Waals surface area contributed by atoms with Crippen molar-refractivity contribution in [2.45, 2.75) is 29.7 Å². The molecule has 2 nitrogen and oxygen atoms in total. The third-order valence-corrected chi connectivity index (χ3v) is 5.72. The number of hydrogen-bond acceptors (Lipinski definition) is 3. The van der Waals surface area contributed by atoms with Crippen molar-refractivity contribution in [1.29, 1.82) is 0 Å². The Labute approximate surface area is 135 Å². The second-order valence-corrected chi connectivity index (χ2v) is 6.91. The van der Waals surface area contributed by atoms with Crippen LogP contribution in [0.15, 0.2) is 53.4 Å². The number of hydrazine groups is 1. The zero-order valence-electron chi connectivity index (χ0n) is 11.8. The fraction of sp³-hybridized carbons (Fsp3) is 0.294. The molecule has 3 rings (SSSR count). The molecule has 1 aliphatic carbocycles. The normalized spacial score (nSPS) is 17.9. The molecule has 0 aliphatic heterocycles. The molecule has 0 saturated carbocycles. The summed E-state index contributed by atoms with van der Waals surface area (Å²) in [6.45, 7) is 0. The van der Waals surface area contributed by atoms with Gasteiger partial charge in [0.25, 0.3) is 0 Å². The van der Waals surface area contributed by atoms with Crippen molar-refractivity contribution >= 4 is 23.4 Å². The number of nitrogens with two attached hydrogens (primary N) is 1. The molecular weight excluding hydrogens is 300 g/mol. The SMILES string of the molecule is NNC(CSc1ccccc1Cl)CC1Cc2ccccc21. The molecule has 3 N–H and O–H groups in total. The summed E-state index contributed by atoms with van der Waals surface area (Å²) in [4.78, 5) is 1.12. The molecule has 2 unspecified atom stereocenters. The van der Waals surface area contributed by atoms with Gasteiger partial charge in [-0.15, -0.1) is 11.8 Å². The molecule has 0 saturated heterocycles. The standard InChI is InChI=1S/C17H19ClN2S/c18-16-7-3-4-8-17(16)21-11-14(20-19)10-13-9-12-5-1-2-6-15(12)13/h1-8,13-14,20H,9-11,19H2. The van der Waals surface area contributed by atoms with Crippen LogP contribution in [0, 0.1) is 0 Å². The van der Waals surface area contributed by atoms with E-state index in [1.54, 1.807) is 11.8 Å². The maximum Gasteiger partial charge on any atom is 0.0541 e. The van der Waals surface area contributed by atoms with Gasteiger partial charge in [-0.3, -0.25) is 11.3 Å². The highest BCUT2D eigenvalue weighted by atomic mass is 35.5. The fourth-order valence-electron chi connectivity index (χ4n) is 2.85. The van der Waals surface area contributed by atoms with E-state index in [4.69, 9.17) is 17.4 Å². The first-order chi connectivity index (χ1) is 10.3. The van der Waals surface area contributed by atoms with Gasteiger partial charge >= 0.3 is 0 Å². The van der Waals surface area contributed by atoms with E-state index in [2.05, 4.69) is 35.8 Å². The summed E-state index contributed by atoms with van der Waals surface area (Å²) in [5, 5.41) is 0.812. The van der Waals surface area contributed by atoms with Gasteiger partial charge in [-0.05, 0) is 42.0 Å². The molecule has 110 valence electrons. The molecule has 2 aromatic rings. The Kier molecular flexibility index (Phi) is 4.86. The first kappa shape index (κ1) is 14.9. The smallest absolute Gasteiger partial charge is 0.0541 e. The van der Waals surface area contributed by atoms with Crippen LogP contribution in [0.3, 0.4) is 0 Å². The van der Waals surface area contributed by atoms with Crippen molar-refractivity contribution in [3.63, 3.8) is 0 Å². The molecule has 0 heterocycles. The summed E-state index contributed by atoms with van der Waals surface area (Å²) in [5.74, 6) is 7.29. The van der Waals surface area contributed by atoms with Crippen molar-refractivity contribution in [2.75, 3.05) is 5.75 Å². The Bertz CT molecular complexity index is 617. The van der Waals surface area contributed by atoms with Crippen LogP contribution in [0.5, 0.6) is 0 Å². The quantitative estimate of drug-likeness (QED) is 0.480. The lowest BCUT2D eigenvalue weighted by Crippen LogP contribution is -2.39. The average Bonchev–Trinajstić information content (AvgIpc) is 2.49. The predicted molar refractivity (Wildman–Crippen MR) is 90.8 cm³/mol. The lowest BCUT2D eigenvalue weighted by atomic mass is 9.75.